The molecule has 140 valence electrons. The van der Waals surface area contributed by atoms with Gasteiger partial charge in [-0.25, -0.2) is 8.42 Å². The lowest BCUT2D eigenvalue weighted by atomic mass is 9.96. The van der Waals surface area contributed by atoms with E-state index in [4.69, 9.17) is 4.74 Å². The normalized spacial score (nSPS) is 17.4. The van der Waals surface area contributed by atoms with Crippen LogP contribution in [-0.4, -0.2) is 51.5 Å². The van der Waals surface area contributed by atoms with Gasteiger partial charge >= 0.3 is 0 Å². The van der Waals surface area contributed by atoms with Gasteiger partial charge in [0.25, 0.3) is 5.91 Å². The number of amides is 1. The number of nitrogens with zero attached hydrogens (tertiary/aromatic N) is 1. The number of hydrogen-bond donors (Lipinski definition) is 1. The predicted octanol–water partition coefficient (Wildman–Crippen LogP) is 2.40. The van der Waals surface area contributed by atoms with Crippen LogP contribution in [0.4, 0.5) is 0 Å². The van der Waals surface area contributed by atoms with Crippen LogP contribution in [0.1, 0.15) is 49.4 Å². The van der Waals surface area contributed by atoms with Crippen molar-refractivity contribution in [2.45, 2.75) is 56.0 Å². The molecule has 1 atom stereocenters. The van der Waals surface area contributed by atoms with Crippen molar-refractivity contribution in [1.82, 2.24) is 9.62 Å². The maximum atomic E-state index is 12.9. The highest BCUT2D eigenvalue weighted by atomic mass is 32.2. The van der Waals surface area contributed by atoms with Gasteiger partial charge in [-0.1, -0.05) is 25.3 Å². The molecule has 1 amide bonds. The number of sulfonamides is 1. The molecule has 0 radical (unpaired) electrons. The van der Waals surface area contributed by atoms with Crippen molar-refractivity contribution in [1.29, 1.82) is 0 Å². The Balaban J connectivity index is 2.17. The summed E-state index contributed by atoms with van der Waals surface area (Å²) in [5.41, 5.74) is 0.334. The minimum absolute atomic E-state index is 0.0398. The molecule has 7 heteroatoms. The summed E-state index contributed by atoms with van der Waals surface area (Å²) >= 11 is 0. The maximum Gasteiger partial charge on any atom is 0.251 e. The van der Waals surface area contributed by atoms with E-state index in [0.717, 1.165) is 25.7 Å². The van der Waals surface area contributed by atoms with E-state index in [0.29, 0.717) is 12.2 Å². The van der Waals surface area contributed by atoms with Gasteiger partial charge in [0.05, 0.1) is 11.5 Å². The van der Waals surface area contributed by atoms with Crippen molar-refractivity contribution < 1.29 is 17.9 Å². The Bertz CT molecular complexity index is 684. The molecule has 6 nitrogen and oxygen atoms in total. The van der Waals surface area contributed by atoms with E-state index in [1.165, 1.54) is 16.8 Å². The van der Waals surface area contributed by atoms with Crippen LogP contribution in [0.2, 0.25) is 0 Å². The number of nitrogens with one attached hydrogen (secondary N) is 1. The van der Waals surface area contributed by atoms with E-state index in [9.17, 15) is 13.2 Å². The average Bonchev–Trinajstić information content (AvgIpc) is 2.62. The second kappa shape index (κ2) is 8.78. The van der Waals surface area contributed by atoms with Gasteiger partial charge in [-0.2, -0.15) is 4.31 Å². The topological polar surface area (TPSA) is 75.7 Å². The highest BCUT2D eigenvalue weighted by Gasteiger charge is 2.29. The quantitative estimate of drug-likeness (QED) is 0.802. The van der Waals surface area contributed by atoms with Gasteiger partial charge in [0.15, 0.2) is 0 Å². The fraction of sp³-hybridized carbons (Fsp3) is 0.611. The van der Waals surface area contributed by atoms with Gasteiger partial charge in [-0.3, -0.25) is 4.79 Å². The standard InChI is InChI=1S/C18H28N2O4S/c1-14(13-24-3)19-18(21)15-8-7-11-17(12-15)25(22,23)20(2)16-9-5-4-6-10-16/h7-8,11-12,14,16H,4-6,9-10,13H2,1-3H3,(H,19,21)/t14-/m1/s1. The van der Waals surface area contributed by atoms with Crippen molar-refractivity contribution in [3.8, 4) is 0 Å². The molecule has 1 aromatic carbocycles. The molecule has 0 bridgehead atoms. The Morgan fingerprint density at radius 1 is 1.32 bits per heavy atom. The zero-order chi connectivity index (χ0) is 18.4. The average molecular weight is 368 g/mol. The van der Waals surface area contributed by atoms with Crippen molar-refractivity contribution in [2.24, 2.45) is 0 Å². The third-order valence-corrected chi connectivity index (χ3v) is 6.56. The first-order chi connectivity index (χ1) is 11.9. The lowest BCUT2D eigenvalue weighted by Gasteiger charge is -2.30. The van der Waals surface area contributed by atoms with Crippen LogP contribution in [0.5, 0.6) is 0 Å². The third kappa shape index (κ3) is 5.03. The minimum atomic E-state index is -3.60. The van der Waals surface area contributed by atoms with E-state index in [1.807, 2.05) is 6.92 Å². The van der Waals surface area contributed by atoms with E-state index in [-0.39, 0.29) is 22.9 Å². The van der Waals surface area contributed by atoms with E-state index < -0.39 is 10.0 Å². The summed E-state index contributed by atoms with van der Waals surface area (Å²) in [5.74, 6) is -0.304. The Kier molecular flexibility index (Phi) is 6.98. The first-order valence-corrected chi connectivity index (χ1v) is 10.2. The molecule has 0 aliphatic heterocycles. The summed E-state index contributed by atoms with van der Waals surface area (Å²) in [6, 6.07) is 6.11. The lowest BCUT2D eigenvalue weighted by molar-refractivity contribution is 0.0905. The number of carbonyl (C=O) groups excluding carboxylic acids is 1. The molecule has 0 spiro atoms. The summed E-state index contributed by atoms with van der Waals surface area (Å²) in [4.78, 5) is 12.5. The van der Waals surface area contributed by atoms with Crippen LogP contribution in [0.3, 0.4) is 0 Å². The summed E-state index contributed by atoms with van der Waals surface area (Å²) in [7, 11) is -0.401. The van der Waals surface area contributed by atoms with Crippen LogP contribution in [-0.2, 0) is 14.8 Å². The van der Waals surface area contributed by atoms with Crippen molar-refractivity contribution >= 4 is 15.9 Å². The molecule has 0 heterocycles. The lowest BCUT2D eigenvalue weighted by Crippen LogP contribution is -2.38. The van der Waals surface area contributed by atoms with Gasteiger partial charge < -0.3 is 10.1 Å². The van der Waals surface area contributed by atoms with Gasteiger partial charge in [-0.05, 0) is 38.0 Å². The second-order valence-corrected chi connectivity index (χ2v) is 8.67. The van der Waals surface area contributed by atoms with Crippen LogP contribution in [0.25, 0.3) is 0 Å². The van der Waals surface area contributed by atoms with Crippen LogP contribution in [0, 0.1) is 0 Å². The molecule has 1 aliphatic carbocycles. The maximum absolute atomic E-state index is 12.9. The number of rotatable bonds is 7. The van der Waals surface area contributed by atoms with Crippen LogP contribution < -0.4 is 5.32 Å². The molecule has 0 aromatic heterocycles. The fourth-order valence-electron chi connectivity index (χ4n) is 3.20. The molecule has 1 aromatic rings. The Hall–Kier alpha value is -1.44. The molecule has 1 N–H and O–H groups in total. The van der Waals surface area contributed by atoms with Crippen LogP contribution in [0.15, 0.2) is 29.2 Å². The third-order valence-electron chi connectivity index (χ3n) is 4.66. The number of methoxy groups -OCH3 is 1. The monoisotopic (exact) mass is 368 g/mol. The molecule has 1 fully saturated rings. The Morgan fingerprint density at radius 3 is 2.64 bits per heavy atom. The molecular formula is C18H28N2O4S. The molecule has 2 rings (SSSR count). The number of benzene rings is 1. The van der Waals surface area contributed by atoms with E-state index in [1.54, 1.807) is 32.4 Å². The number of hydrogen-bond acceptors (Lipinski definition) is 4. The van der Waals surface area contributed by atoms with Crippen LogP contribution >= 0.6 is 0 Å². The Morgan fingerprint density at radius 2 is 2.00 bits per heavy atom. The molecule has 25 heavy (non-hydrogen) atoms. The SMILES string of the molecule is COC[C@@H](C)NC(=O)c1cccc(S(=O)(=O)N(C)C2CCCCC2)c1. The minimum Gasteiger partial charge on any atom is -0.383 e. The molecule has 1 saturated carbocycles. The molecule has 0 saturated heterocycles. The van der Waals surface area contributed by atoms with E-state index >= 15 is 0 Å². The van der Waals surface area contributed by atoms with Gasteiger partial charge in [-0.15, -0.1) is 0 Å². The van der Waals surface area contributed by atoms with E-state index in [2.05, 4.69) is 5.32 Å². The number of carbonyl (C=O) groups is 1. The molecule has 1 aliphatic rings. The summed E-state index contributed by atoms with van der Waals surface area (Å²) in [5, 5.41) is 2.80. The summed E-state index contributed by atoms with van der Waals surface area (Å²) in [6.07, 6.45) is 5.07. The summed E-state index contributed by atoms with van der Waals surface area (Å²) < 4.78 is 32.3. The van der Waals surface area contributed by atoms with Crippen molar-refractivity contribution in [3.05, 3.63) is 29.8 Å². The second-order valence-electron chi connectivity index (χ2n) is 6.67. The highest BCUT2D eigenvalue weighted by molar-refractivity contribution is 7.89. The van der Waals surface area contributed by atoms with Crippen molar-refractivity contribution in [2.75, 3.05) is 20.8 Å². The Labute approximate surface area is 150 Å². The fourth-order valence-corrected chi connectivity index (χ4v) is 4.67. The molecular weight excluding hydrogens is 340 g/mol. The molecule has 0 unspecified atom stereocenters. The smallest absolute Gasteiger partial charge is 0.251 e. The number of ether oxygens (including phenoxy) is 1. The predicted molar refractivity (Wildman–Crippen MR) is 97.1 cm³/mol. The first kappa shape index (κ1) is 19.9. The zero-order valence-corrected chi connectivity index (χ0v) is 16.0. The van der Waals surface area contributed by atoms with Gasteiger partial charge in [0.2, 0.25) is 10.0 Å². The zero-order valence-electron chi connectivity index (χ0n) is 15.2. The first-order valence-electron chi connectivity index (χ1n) is 8.74. The largest absolute Gasteiger partial charge is 0.383 e. The van der Waals surface area contributed by atoms with Gasteiger partial charge in [0, 0.05) is 31.8 Å². The summed E-state index contributed by atoms with van der Waals surface area (Å²) in [6.45, 7) is 2.23. The highest BCUT2D eigenvalue weighted by Crippen LogP contribution is 2.26. The van der Waals surface area contributed by atoms with Crippen molar-refractivity contribution in [3.63, 3.8) is 0 Å². The van der Waals surface area contributed by atoms with Gasteiger partial charge in [0.1, 0.15) is 0 Å².